The number of methoxy groups -OCH3 is 1. The molecule has 0 fully saturated rings. The van der Waals surface area contributed by atoms with Crippen molar-refractivity contribution >= 4 is 17.7 Å². The number of carbonyl (C=O) groups is 2. The maximum absolute atomic E-state index is 13.0. The Hall–Kier alpha value is -1.60. The summed E-state index contributed by atoms with van der Waals surface area (Å²) in [6.07, 6.45) is -6.21. The van der Waals surface area contributed by atoms with E-state index in [2.05, 4.69) is 14.5 Å². The van der Waals surface area contributed by atoms with Gasteiger partial charge in [-0.1, -0.05) is 13.8 Å². The maximum Gasteiger partial charge on any atom is 0.450 e. The number of nitrogens with zero attached hydrogens (tertiary/aromatic N) is 1. The fraction of sp³-hybridized carbons (Fsp3) is 0.727. The summed E-state index contributed by atoms with van der Waals surface area (Å²) < 4.78 is 47.8. The van der Waals surface area contributed by atoms with Gasteiger partial charge in [-0.2, -0.15) is 13.2 Å². The molecular weight excluding hydrogens is 267 g/mol. The first kappa shape index (κ1) is 15.5. The summed E-state index contributed by atoms with van der Waals surface area (Å²) in [4.78, 5) is 25.8. The quantitative estimate of drug-likeness (QED) is 0.738. The van der Waals surface area contributed by atoms with E-state index in [0.717, 1.165) is 7.11 Å². The molecule has 0 N–H and O–H groups in total. The molecule has 108 valence electrons. The molecule has 1 aliphatic rings. The second-order valence-electron chi connectivity index (χ2n) is 4.40. The largest absolute Gasteiger partial charge is 0.469 e. The molecule has 0 aromatic carbocycles. The lowest BCUT2D eigenvalue weighted by molar-refractivity contribution is -0.262. The number of esters is 2. The van der Waals surface area contributed by atoms with Crippen LogP contribution in [0.1, 0.15) is 26.7 Å². The predicted octanol–water partition coefficient (Wildman–Crippen LogP) is 1.85. The van der Waals surface area contributed by atoms with Crippen LogP contribution in [0.4, 0.5) is 13.2 Å². The molecule has 0 saturated carbocycles. The molecule has 1 aliphatic heterocycles. The van der Waals surface area contributed by atoms with Crippen LogP contribution >= 0.6 is 0 Å². The van der Waals surface area contributed by atoms with E-state index in [-0.39, 0.29) is 5.71 Å². The molecular formula is C11H14F3NO4. The number of halogens is 3. The summed E-state index contributed by atoms with van der Waals surface area (Å²) in [6.45, 7) is 3.07. The van der Waals surface area contributed by atoms with Crippen LogP contribution in [0, 0.1) is 5.92 Å². The highest BCUT2D eigenvalue weighted by molar-refractivity contribution is 6.38. The van der Waals surface area contributed by atoms with Crippen LogP contribution in [-0.4, -0.2) is 36.7 Å². The third kappa shape index (κ3) is 3.05. The highest BCUT2D eigenvalue weighted by Gasteiger charge is 2.62. The van der Waals surface area contributed by atoms with Crippen molar-refractivity contribution in [2.45, 2.75) is 38.6 Å². The second kappa shape index (κ2) is 5.18. The van der Waals surface area contributed by atoms with Gasteiger partial charge >= 0.3 is 18.1 Å². The SMILES string of the molecule is COC(=O)CCC1(C(F)(F)F)N=C(C(C)C)C(=O)O1. The van der Waals surface area contributed by atoms with E-state index in [1.165, 1.54) is 13.8 Å². The summed E-state index contributed by atoms with van der Waals surface area (Å²) in [7, 11) is 1.06. The van der Waals surface area contributed by atoms with Crippen molar-refractivity contribution in [1.29, 1.82) is 0 Å². The summed E-state index contributed by atoms with van der Waals surface area (Å²) in [6, 6.07) is 0. The first-order valence-corrected chi connectivity index (χ1v) is 5.59. The third-order valence-corrected chi connectivity index (χ3v) is 2.66. The zero-order valence-corrected chi connectivity index (χ0v) is 10.7. The molecule has 0 spiro atoms. The fourth-order valence-electron chi connectivity index (χ4n) is 1.58. The summed E-state index contributed by atoms with van der Waals surface area (Å²) >= 11 is 0. The van der Waals surface area contributed by atoms with Gasteiger partial charge in [-0.3, -0.25) is 4.79 Å². The number of rotatable bonds is 4. The van der Waals surface area contributed by atoms with Crippen LogP contribution in [0.2, 0.25) is 0 Å². The zero-order valence-electron chi connectivity index (χ0n) is 10.7. The summed E-state index contributed by atoms with van der Waals surface area (Å²) in [5.74, 6) is -2.42. The number of hydrogen-bond acceptors (Lipinski definition) is 5. The Balaban J connectivity index is 3.04. The molecule has 0 aromatic rings. The van der Waals surface area contributed by atoms with E-state index in [1.807, 2.05) is 0 Å². The molecule has 1 atom stereocenters. The van der Waals surface area contributed by atoms with E-state index < -0.39 is 42.6 Å². The van der Waals surface area contributed by atoms with Gasteiger partial charge in [0.2, 0.25) is 0 Å². The van der Waals surface area contributed by atoms with Gasteiger partial charge in [0.1, 0.15) is 5.71 Å². The van der Waals surface area contributed by atoms with Crippen molar-refractivity contribution in [2.24, 2.45) is 10.9 Å². The molecule has 0 radical (unpaired) electrons. The highest BCUT2D eigenvalue weighted by atomic mass is 19.4. The zero-order chi connectivity index (χ0) is 14.8. The average molecular weight is 281 g/mol. The lowest BCUT2D eigenvalue weighted by Crippen LogP contribution is -2.44. The van der Waals surface area contributed by atoms with Crippen LogP contribution in [0.3, 0.4) is 0 Å². The van der Waals surface area contributed by atoms with Gasteiger partial charge in [-0.25, -0.2) is 9.79 Å². The third-order valence-electron chi connectivity index (χ3n) is 2.66. The van der Waals surface area contributed by atoms with Crippen molar-refractivity contribution in [2.75, 3.05) is 7.11 Å². The Bertz CT molecular complexity index is 417. The van der Waals surface area contributed by atoms with Crippen molar-refractivity contribution in [3.63, 3.8) is 0 Å². The molecule has 0 aromatic heterocycles. The van der Waals surface area contributed by atoms with Gasteiger partial charge in [0.25, 0.3) is 5.72 Å². The molecule has 19 heavy (non-hydrogen) atoms. The van der Waals surface area contributed by atoms with Crippen molar-refractivity contribution < 1.29 is 32.2 Å². The van der Waals surface area contributed by atoms with Gasteiger partial charge in [0, 0.05) is 12.3 Å². The molecule has 8 heteroatoms. The summed E-state index contributed by atoms with van der Waals surface area (Å²) in [5, 5.41) is 0. The van der Waals surface area contributed by atoms with Gasteiger partial charge < -0.3 is 9.47 Å². The van der Waals surface area contributed by atoms with Crippen LogP contribution in [-0.2, 0) is 19.1 Å². The van der Waals surface area contributed by atoms with Crippen molar-refractivity contribution in [3.05, 3.63) is 0 Å². The average Bonchev–Trinajstić information content (AvgIpc) is 2.64. The maximum atomic E-state index is 13.0. The minimum absolute atomic E-state index is 0.276. The number of aliphatic imine (C=N–C) groups is 1. The number of carbonyl (C=O) groups excluding carboxylic acids is 2. The number of hydrogen-bond donors (Lipinski definition) is 0. The van der Waals surface area contributed by atoms with Crippen LogP contribution in [0.25, 0.3) is 0 Å². The number of cyclic esters (lactones) is 1. The Morgan fingerprint density at radius 3 is 2.42 bits per heavy atom. The first-order chi connectivity index (χ1) is 8.63. The molecule has 5 nitrogen and oxygen atoms in total. The molecule has 0 aliphatic carbocycles. The molecule has 1 rings (SSSR count). The Morgan fingerprint density at radius 2 is 2.05 bits per heavy atom. The highest BCUT2D eigenvalue weighted by Crippen LogP contribution is 2.42. The lowest BCUT2D eigenvalue weighted by atomic mass is 10.1. The van der Waals surface area contributed by atoms with Crippen LogP contribution < -0.4 is 0 Å². The van der Waals surface area contributed by atoms with Crippen molar-refractivity contribution in [1.82, 2.24) is 0 Å². The van der Waals surface area contributed by atoms with Crippen LogP contribution in [0.15, 0.2) is 4.99 Å². The van der Waals surface area contributed by atoms with Gasteiger partial charge in [0.05, 0.1) is 13.5 Å². The molecule has 0 saturated heterocycles. The molecule has 1 heterocycles. The van der Waals surface area contributed by atoms with E-state index in [4.69, 9.17) is 0 Å². The Morgan fingerprint density at radius 1 is 1.47 bits per heavy atom. The van der Waals surface area contributed by atoms with E-state index >= 15 is 0 Å². The predicted molar refractivity (Wildman–Crippen MR) is 58.4 cm³/mol. The minimum atomic E-state index is -4.88. The molecule has 0 amide bonds. The van der Waals surface area contributed by atoms with E-state index in [1.54, 1.807) is 0 Å². The molecule has 0 bridgehead atoms. The van der Waals surface area contributed by atoms with Gasteiger partial charge in [-0.05, 0) is 0 Å². The summed E-state index contributed by atoms with van der Waals surface area (Å²) in [5.41, 5.74) is -3.25. The lowest BCUT2D eigenvalue weighted by Gasteiger charge is -2.26. The van der Waals surface area contributed by atoms with Gasteiger partial charge in [0.15, 0.2) is 0 Å². The van der Waals surface area contributed by atoms with E-state index in [9.17, 15) is 22.8 Å². The topological polar surface area (TPSA) is 65.0 Å². The smallest absolute Gasteiger partial charge is 0.450 e. The Kier molecular flexibility index (Phi) is 4.21. The number of alkyl halides is 3. The normalized spacial score (nSPS) is 23.3. The monoisotopic (exact) mass is 281 g/mol. The molecule has 1 unspecified atom stereocenters. The fourth-order valence-corrected chi connectivity index (χ4v) is 1.58. The Labute approximate surface area is 107 Å². The minimum Gasteiger partial charge on any atom is -0.469 e. The second-order valence-corrected chi connectivity index (χ2v) is 4.40. The van der Waals surface area contributed by atoms with Gasteiger partial charge in [-0.15, -0.1) is 0 Å². The standard InChI is InChI=1S/C11H14F3NO4/c1-6(2)8-9(17)19-10(15-8,11(12,13)14)5-4-7(16)18-3/h6H,4-5H2,1-3H3. The van der Waals surface area contributed by atoms with Crippen molar-refractivity contribution in [3.8, 4) is 0 Å². The first-order valence-electron chi connectivity index (χ1n) is 5.59. The van der Waals surface area contributed by atoms with E-state index in [0.29, 0.717) is 0 Å². The van der Waals surface area contributed by atoms with Crippen LogP contribution in [0.5, 0.6) is 0 Å². The number of ether oxygens (including phenoxy) is 2.